The number of nitrogens with two attached hydrogens (primary N) is 1. The Morgan fingerprint density at radius 2 is 2.11 bits per heavy atom. The number of halogens is 1. The monoisotopic (exact) mass is 325 g/mol. The molecule has 0 bridgehead atoms. The van der Waals surface area contributed by atoms with Gasteiger partial charge in [-0.2, -0.15) is 0 Å². The number of hydrogen-bond donors (Lipinski definition) is 2. The van der Waals surface area contributed by atoms with E-state index in [0.29, 0.717) is 6.54 Å². The summed E-state index contributed by atoms with van der Waals surface area (Å²) in [4.78, 5) is 0. The molecule has 1 aromatic carbocycles. The Balaban J connectivity index is 2.32. The summed E-state index contributed by atoms with van der Waals surface area (Å²) in [6.07, 6.45) is -0.557. The number of benzene rings is 1. The second kappa shape index (κ2) is 5.97. The average Bonchev–Trinajstić information content (AvgIpc) is 2.79. The van der Waals surface area contributed by atoms with Gasteiger partial charge in [-0.3, -0.25) is 0 Å². The molecule has 2 atom stereocenters. The molecule has 0 aliphatic heterocycles. The third-order valence-corrected chi connectivity index (χ3v) is 4.67. The van der Waals surface area contributed by atoms with Crippen molar-refractivity contribution >= 4 is 27.3 Å². The van der Waals surface area contributed by atoms with Gasteiger partial charge >= 0.3 is 0 Å². The van der Waals surface area contributed by atoms with Gasteiger partial charge in [0.1, 0.15) is 0 Å². The number of aliphatic hydroxyl groups excluding tert-OH is 1. The highest BCUT2D eigenvalue weighted by atomic mass is 79.9. The summed E-state index contributed by atoms with van der Waals surface area (Å²) in [5.41, 5.74) is 9.06. The van der Waals surface area contributed by atoms with Crippen molar-refractivity contribution in [1.29, 1.82) is 0 Å². The van der Waals surface area contributed by atoms with E-state index in [1.807, 2.05) is 42.6 Å². The van der Waals surface area contributed by atoms with Crippen LogP contribution in [0.25, 0.3) is 0 Å². The second-order valence-corrected chi connectivity index (χ2v) is 6.62. The smallest absolute Gasteiger partial charge is 0.0879 e. The first-order valence-electron chi connectivity index (χ1n) is 5.81. The van der Waals surface area contributed by atoms with E-state index in [0.717, 1.165) is 14.9 Å². The fourth-order valence-corrected chi connectivity index (χ4v) is 3.34. The molecule has 4 heteroatoms. The van der Waals surface area contributed by atoms with Crippen molar-refractivity contribution in [1.82, 2.24) is 0 Å². The Morgan fingerprint density at radius 3 is 2.67 bits per heavy atom. The maximum Gasteiger partial charge on any atom is 0.0879 e. The third-order valence-electron chi connectivity index (χ3n) is 3.15. The maximum absolute atomic E-state index is 10.5. The minimum absolute atomic E-state index is 0.0623. The van der Waals surface area contributed by atoms with Gasteiger partial charge < -0.3 is 10.8 Å². The quantitative estimate of drug-likeness (QED) is 0.902. The first-order valence-corrected chi connectivity index (χ1v) is 7.48. The minimum atomic E-state index is -0.557. The van der Waals surface area contributed by atoms with Crippen LogP contribution in [0.4, 0.5) is 0 Å². The highest BCUT2D eigenvalue weighted by molar-refractivity contribution is 9.11. The van der Waals surface area contributed by atoms with Crippen LogP contribution in [0, 0.1) is 6.92 Å². The summed E-state index contributed by atoms with van der Waals surface area (Å²) in [5, 5.41) is 12.4. The lowest BCUT2D eigenvalue weighted by atomic mass is 9.88. The zero-order valence-electron chi connectivity index (χ0n) is 10.1. The van der Waals surface area contributed by atoms with Crippen LogP contribution in [0.1, 0.15) is 28.7 Å². The molecular formula is C14H16BrNOS. The largest absolute Gasteiger partial charge is 0.388 e. The number of aliphatic hydroxyl groups is 1. The van der Waals surface area contributed by atoms with Crippen molar-refractivity contribution in [2.75, 3.05) is 6.54 Å². The molecule has 0 aliphatic rings. The molecule has 96 valence electrons. The van der Waals surface area contributed by atoms with Crippen LogP contribution in [-0.2, 0) is 0 Å². The van der Waals surface area contributed by atoms with Crippen molar-refractivity contribution in [2.24, 2.45) is 5.73 Å². The van der Waals surface area contributed by atoms with Gasteiger partial charge in [0.25, 0.3) is 0 Å². The molecule has 0 spiro atoms. The molecule has 1 aromatic heterocycles. The van der Waals surface area contributed by atoms with E-state index in [1.54, 1.807) is 11.3 Å². The number of thiophene rings is 1. The lowest BCUT2D eigenvalue weighted by Gasteiger charge is -2.23. The highest BCUT2D eigenvalue weighted by Crippen LogP contribution is 2.35. The van der Waals surface area contributed by atoms with Crippen molar-refractivity contribution < 1.29 is 5.11 Å². The van der Waals surface area contributed by atoms with Gasteiger partial charge in [-0.05, 0) is 51.0 Å². The Bertz CT molecular complexity index is 526. The first kappa shape index (κ1) is 13.7. The predicted octanol–water partition coefficient (Wildman–Crippen LogP) is 3.59. The molecule has 0 aliphatic carbocycles. The SMILES string of the molecule is Cc1ccccc1C(CN)C(O)c1csc(Br)c1. The molecule has 18 heavy (non-hydrogen) atoms. The Hall–Kier alpha value is -0.680. The average molecular weight is 326 g/mol. The normalized spacial score (nSPS) is 14.4. The number of rotatable bonds is 4. The van der Waals surface area contributed by atoms with Crippen molar-refractivity contribution in [2.45, 2.75) is 18.9 Å². The Morgan fingerprint density at radius 1 is 1.39 bits per heavy atom. The fourth-order valence-electron chi connectivity index (χ4n) is 2.14. The summed E-state index contributed by atoms with van der Waals surface area (Å²) in [6, 6.07) is 10.0. The predicted molar refractivity (Wildman–Crippen MR) is 80.0 cm³/mol. The van der Waals surface area contributed by atoms with Crippen LogP contribution >= 0.6 is 27.3 Å². The van der Waals surface area contributed by atoms with E-state index in [-0.39, 0.29) is 5.92 Å². The molecule has 2 unspecified atom stereocenters. The van der Waals surface area contributed by atoms with Crippen molar-refractivity contribution in [3.8, 4) is 0 Å². The van der Waals surface area contributed by atoms with Gasteiger partial charge in [0.2, 0.25) is 0 Å². The van der Waals surface area contributed by atoms with E-state index in [1.165, 1.54) is 5.56 Å². The van der Waals surface area contributed by atoms with E-state index < -0.39 is 6.10 Å². The van der Waals surface area contributed by atoms with Gasteiger partial charge in [0.15, 0.2) is 0 Å². The summed E-state index contributed by atoms with van der Waals surface area (Å²) >= 11 is 4.99. The maximum atomic E-state index is 10.5. The second-order valence-electron chi connectivity index (χ2n) is 4.33. The zero-order valence-corrected chi connectivity index (χ0v) is 12.5. The van der Waals surface area contributed by atoms with E-state index in [9.17, 15) is 5.11 Å². The third kappa shape index (κ3) is 2.83. The van der Waals surface area contributed by atoms with Crippen LogP contribution in [0.2, 0.25) is 0 Å². The van der Waals surface area contributed by atoms with Crippen LogP contribution in [0.3, 0.4) is 0 Å². The molecule has 3 N–H and O–H groups in total. The molecule has 0 radical (unpaired) electrons. The molecule has 1 heterocycles. The molecule has 0 saturated heterocycles. The first-order chi connectivity index (χ1) is 8.63. The standard InChI is InChI=1S/C14H16BrNOS/c1-9-4-2-3-5-11(9)12(7-16)14(17)10-6-13(15)18-8-10/h2-6,8,12,14,17H,7,16H2,1H3. The summed E-state index contributed by atoms with van der Waals surface area (Å²) in [7, 11) is 0. The topological polar surface area (TPSA) is 46.2 Å². The van der Waals surface area contributed by atoms with Crippen LogP contribution < -0.4 is 5.73 Å². The number of hydrogen-bond acceptors (Lipinski definition) is 3. The molecule has 0 saturated carbocycles. The van der Waals surface area contributed by atoms with Gasteiger partial charge in [-0.1, -0.05) is 24.3 Å². The van der Waals surface area contributed by atoms with E-state index >= 15 is 0 Å². The molecular weight excluding hydrogens is 310 g/mol. The van der Waals surface area contributed by atoms with Gasteiger partial charge in [0.05, 0.1) is 9.89 Å². The van der Waals surface area contributed by atoms with E-state index in [4.69, 9.17) is 5.73 Å². The lowest BCUT2D eigenvalue weighted by Crippen LogP contribution is -2.20. The zero-order chi connectivity index (χ0) is 13.1. The summed E-state index contributed by atoms with van der Waals surface area (Å²) in [6.45, 7) is 2.48. The lowest BCUT2D eigenvalue weighted by molar-refractivity contribution is 0.147. The highest BCUT2D eigenvalue weighted by Gasteiger charge is 2.23. The molecule has 2 nitrogen and oxygen atoms in total. The number of aryl methyl sites for hydroxylation is 1. The van der Waals surface area contributed by atoms with Gasteiger partial charge in [-0.25, -0.2) is 0 Å². The van der Waals surface area contributed by atoms with Crippen molar-refractivity contribution in [3.05, 3.63) is 56.2 Å². The summed E-state index contributed by atoms with van der Waals surface area (Å²) < 4.78 is 1.03. The molecule has 2 aromatic rings. The summed E-state index contributed by atoms with van der Waals surface area (Å²) in [5.74, 6) is -0.0623. The van der Waals surface area contributed by atoms with E-state index in [2.05, 4.69) is 15.9 Å². The Kier molecular flexibility index (Phi) is 4.56. The minimum Gasteiger partial charge on any atom is -0.388 e. The molecule has 0 amide bonds. The van der Waals surface area contributed by atoms with Gasteiger partial charge in [0, 0.05) is 12.5 Å². The molecule has 2 rings (SSSR count). The fraction of sp³-hybridized carbons (Fsp3) is 0.286. The van der Waals surface area contributed by atoms with Crippen molar-refractivity contribution in [3.63, 3.8) is 0 Å². The van der Waals surface area contributed by atoms with Crippen LogP contribution in [-0.4, -0.2) is 11.7 Å². The molecule has 0 fully saturated rings. The van der Waals surface area contributed by atoms with Crippen LogP contribution in [0.15, 0.2) is 39.5 Å². The van der Waals surface area contributed by atoms with Gasteiger partial charge in [-0.15, -0.1) is 11.3 Å². The van der Waals surface area contributed by atoms with Crippen LogP contribution in [0.5, 0.6) is 0 Å². The Labute approximate surface area is 120 Å².